The minimum atomic E-state index is -0.797. The Morgan fingerprint density at radius 3 is 3.00 bits per heavy atom. The van der Waals surface area contributed by atoms with Gasteiger partial charge in [-0.3, -0.25) is 3.56 Å². The van der Waals surface area contributed by atoms with Gasteiger partial charge in [0.25, 0.3) is 0 Å². The molecular weight excluding hydrogens is 383 g/mol. The molecule has 5 heteroatoms. The van der Waals surface area contributed by atoms with Gasteiger partial charge < -0.3 is 10.1 Å². The highest BCUT2D eigenvalue weighted by molar-refractivity contribution is 14.1. The summed E-state index contributed by atoms with van der Waals surface area (Å²) in [6, 6.07) is 6.28. The molecule has 0 saturated carbocycles. The van der Waals surface area contributed by atoms with Crippen molar-refractivity contribution in [3.8, 4) is 5.75 Å². The number of alkyl halides is 1. The highest BCUT2D eigenvalue weighted by Gasteiger charge is 2.45. The lowest BCUT2D eigenvalue weighted by atomic mass is 9.78. The molecule has 1 aromatic carbocycles. The van der Waals surface area contributed by atoms with Gasteiger partial charge in [0.05, 0.1) is 10.5 Å². The molecule has 1 fully saturated rings. The molecule has 3 rings (SSSR count). The standard InChI is InChI=1S/C15H19IN2OS/c1-19-11-5-4-10-8-13-14(17)15(16-18,12(10)9-11)6-2-3-7-20-13/h4-5,9,13,17-18H,2-3,6-8H2,1H3. The summed E-state index contributed by atoms with van der Waals surface area (Å²) in [5.74, 6) is 2.02. The zero-order valence-corrected chi connectivity index (χ0v) is 14.5. The molecule has 1 aromatic rings. The number of fused-ring (bicyclic) bond motifs is 4. The summed E-state index contributed by atoms with van der Waals surface area (Å²) in [5.41, 5.74) is 3.39. The van der Waals surface area contributed by atoms with Crippen LogP contribution in [0.25, 0.3) is 0 Å². The number of methoxy groups -OCH3 is 1. The summed E-state index contributed by atoms with van der Waals surface area (Å²) in [6.45, 7) is 0. The number of rotatable bonds is 2. The van der Waals surface area contributed by atoms with Crippen LogP contribution in [0, 0.1) is 8.97 Å². The predicted molar refractivity (Wildman–Crippen MR) is 92.9 cm³/mol. The Morgan fingerprint density at radius 1 is 1.40 bits per heavy atom. The minimum Gasteiger partial charge on any atom is -0.497 e. The fraction of sp³-hybridized carbons (Fsp3) is 0.533. The Bertz CT molecular complexity index is 563. The molecule has 2 unspecified atom stereocenters. The van der Waals surface area contributed by atoms with Gasteiger partial charge in [0.1, 0.15) is 5.75 Å². The van der Waals surface area contributed by atoms with E-state index in [4.69, 9.17) is 13.7 Å². The number of ether oxygens (including phenoxy) is 1. The first kappa shape index (κ1) is 14.5. The number of hydrogen-bond donors (Lipinski definition) is 2. The van der Waals surface area contributed by atoms with Crippen molar-refractivity contribution in [2.75, 3.05) is 12.9 Å². The third-order valence-corrected chi connectivity index (χ3v) is 8.25. The first-order chi connectivity index (χ1) is 9.71. The predicted octanol–water partition coefficient (Wildman–Crippen LogP) is 4.49. The second-order valence-corrected chi connectivity index (χ2v) is 9.04. The topological polar surface area (TPSA) is 56.9 Å². The van der Waals surface area contributed by atoms with Crippen LogP contribution in [0.1, 0.15) is 30.4 Å². The van der Waals surface area contributed by atoms with Crippen molar-refractivity contribution in [3.05, 3.63) is 29.3 Å². The molecule has 1 heterocycles. The van der Waals surface area contributed by atoms with Crippen molar-refractivity contribution in [2.45, 2.75) is 34.4 Å². The van der Waals surface area contributed by atoms with Gasteiger partial charge in [-0.05, 0) is 48.3 Å². The molecule has 0 amide bonds. The van der Waals surface area contributed by atoms with Crippen LogP contribution < -0.4 is 4.74 Å². The van der Waals surface area contributed by atoms with E-state index in [2.05, 4.69) is 12.1 Å². The van der Waals surface area contributed by atoms with Gasteiger partial charge in [0.15, 0.2) is 0 Å². The first-order valence-corrected chi connectivity index (χ1v) is 10.1. The van der Waals surface area contributed by atoms with Crippen molar-refractivity contribution in [3.63, 3.8) is 0 Å². The lowest BCUT2D eigenvalue weighted by Crippen LogP contribution is -2.43. The number of benzene rings is 1. The van der Waals surface area contributed by atoms with Gasteiger partial charge in [-0.1, -0.05) is 12.5 Å². The van der Waals surface area contributed by atoms with Crippen LogP contribution >= 0.6 is 32.8 Å². The van der Waals surface area contributed by atoms with Gasteiger partial charge in [-0.2, -0.15) is 11.8 Å². The quantitative estimate of drug-likeness (QED) is 0.566. The van der Waals surface area contributed by atoms with Crippen LogP contribution in [0.15, 0.2) is 18.2 Å². The SMILES string of the molecule is COc1ccc2c(c1)C1(I=N)CCCCSC(C2)C1=N. The van der Waals surface area contributed by atoms with E-state index < -0.39 is 21.0 Å². The van der Waals surface area contributed by atoms with Crippen LogP contribution in [-0.4, -0.2) is 23.8 Å². The lowest BCUT2D eigenvalue weighted by Gasteiger charge is -2.41. The van der Waals surface area contributed by atoms with Crippen LogP contribution in [0.4, 0.5) is 0 Å². The average molecular weight is 402 g/mol. The zero-order chi connectivity index (χ0) is 14.2. The molecule has 2 atom stereocenters. The maximum atomic E-state index is 8.69. The first-order valence-electron chi connectivity index (χ1n) is 6.91. The number of nitrogens with one attached hydrogen (secondary N) is 2. The van der Waals surface area contributed by atoms with E-state index in [1.807, 2.05) is 17.8 Å². The van der Waals surface area contributed by atoms with Crippen LogP contribution in [0.5, 0.6) is 5.75 Å². The fourth-order valence-electron chi connectivity index (χ4n) is 3.19. The summed E-state index contributed by atoms with van der Waals surface area (Å²) >= 11 is 1.13. The van der Waals surface area contributed by atoms with E-state index in [-0.39, 0.29) is 3.42 Å². The van der Waals surface area contributed by atoms with Crippen molar-refractivity contribution < 1.29 is 4.74 Å². The molecule has 1 aliphatic carbocycles. The zero-order valence-electron chi connectivity index (χ0n) is 11.5. The monoisotopic (exact) mass is 402 g/mol. The molecule has 2 aliphatic rings. The van der Waals surface area contributed by atoms with E-state index in [1.165, 1.54) is 17.5 Å². The highest BCUT2D eigenvalue weighted by Crippen LogP contribution is 2.51. The lowest BCUT2D eigenvalue weighted by molar-refractivity contribution is 0.413. The second-order valence-electron chi connectivity index (χ2n) is 5.35. The number of halogens is 1. The molecule has 1 aliphatic heterocycles. The summed E-state index contributed by atoms with van der Waals surface area (Å²) in [4.78, 5) is 0. The molecule has 20 heavy (non-hydrogen) atoms. The Morgan fingerprint density at radius 2 is 2.25 bits per heavy atom. The van der Waals surface area contributed by atoms with Crippen molar-refractivity contribution >= 4 is 38.5 Å². The van der Waals surface area contributed by atoms with Crippen molar-refractivity contribution in [1.82, 2.24) is 0 Å². The van der Waals surface area contributed by atoms with Crippen molar-refractivity contribution in [1.29, 1.82) is 8.97 Å². The summed E-state index contributed by atoms with van der Waals surface area (Å²) < 4.78 is 13.4. The molecular formula is C15H19IN2OS. The van der Waals surface area contributed by atoms with Gasteiger partial charge in [0.2, 0.25) is 0 Å². The largest absolute Gasteiger partial charge is 0.497 e. The Kier molecular flexibility index (Phi) is 4.17. The molecule has 0 spiro atoms. The van der Waals surface area contributed by atoms with Gasteiger partial charge in [-0.25, -0.2) is 0 Å². The summed E-state index contributed by atoms with van der Waals surface area (Å²) in [5, 5.41) is 8.99. The third kappa shape index (κ3) is 2.22. The van der Waals surface area contributed by atoms with Crippen LogP contribution in [0.3, 0.4) is 0 Å². The number of hydrogen-bond acceptors (Lipinski definition) is 4. The van der Waals surface area contributed by atoms with E-state index >= 15 is 0 Å². The summed E-state index contributed by atoms with van der Waals surface area (Å²) in [6.07, 6.45) is 4.30. The van der Waals surface area contributed by atoms with Gasteiger partial charge in [0, 0.05) is 32.0 Å². The second kappa shape index (κ2) is 5.75. The van der Waals surface area contributed by atoms with E-state index in [0.29, 0.717) is 5.25 Å². The van der Waals surface area contributed by atoms with Crippen LogP contribution in [-0.2, 0) is 9.84 Å². The molecule has 0 aromatic heterocycles. The van der Waals surface area contributed by atoms with Crippen LogP contribution in [0.2, 0.25) is 0 Å². The highest BCUT2D eigenvalue weighted by atomic mass is 127. The Labute approximate surface area is 134 Å². The van der Waals surface area contributed by atoms with Crippen molar-refractivity contribution in [2.24, 2.45) is 0 Å². The smallest absolute Gasteiger partial charge is 0.119 e. The maximum absolute atomic E-state index is 8.69. The van der Waals surface area contributed by atoms with E-state index in [0.717, 1.165) is 36.5 Å². The normalized spacial score (nSPS) is 29.2. The van der Waals surface area contributed by atoms with E-state index in [9.17, 15) is 0 Å². The maximum Gasteiger partial charge on any atom is 0.119 e. The third-order valence-electron chi connectivity index (χ3n) is 4.29. The molecule has 0 radical (unpaired) electrons. The molecule has 2 bridgehead atoms. The Balaban J connectivity index is 2.18. The average Bonchev–Trinajstić information content (AvgIpc) is 2.48. The minimum absolute atomic E-state index is 0.265. The van der Waals surface area contributed by atoms with Gasteiger partial charge >= 0.3 is 0 Å². The molecule has 108 valence electrons. The fourth-order valence-corrected chi connectivity index (χ4v) is 6.83. The van der Waals surface area contributed by atoms with Gasteiger partial charge in [-0.15, -0.1) is 0 Å². The molecule has 3 nitrogen and oxygen atoms in total. The summed E-state index contributed by atoms with van der Waals surface area (Å²) in [7, 11) is 1.69. The number of thioether (sulfide) groups is 1. The van der Waals surface area contributed by atoms with E-state index in [1.54, 1.807) is 7.11 Å². The Hall–Kier alpha value is -0.430. The molecule has 2 N–H and O–H groups in total. The molecule has 1 saturated heterocycles.